The van der Waals surface area contributed by atoms with Crippen molar-refractivity contribution in [2.75, 3.05) is 14.2 Å². The number of aromatic nitrogens is 3. The largest absolute Gasteiger partial charge is 0.493 e. The molecule has 2 aromatic heterocycles. The number of methoxy groups -OCH3 is 2. The van der Waals surface area contributed by atoms with Crippen molar-refractivity contribution < 1.29 is 19.2 Å². The lowest BCUT2D eigenvalue weighted by molar-refractivity contribution is -0.385. The maximum absolute atomic E-state index is 13.4. The number of hydrogen-bond acceptors (Lipinski definition) is 6. The van der Waals surface area contributed by atoms with Gasteiger partial charge in [0.1, 0.15) is 11.4 Å². The number of amides is 1. The summed E-state index contributed by atoms with van der Waals surface area (Å²) in [5.74, 6) is 0.868. The molecule has 1 aliphatic heterocycles. The number of benzene rings is 1. The lowest BCUT2D eigenvalue weighted by Gasteiger charge is -2.24. The van der Waals surface area contributed by atoms with Crippen LogP contribution in [0, 0.1) is 10.1 Å². The molecule has 0 radical (unpaired) electrons. The third-order valence-electron chi connectivity index (χ3n) is 5.43. The Hall–Kier alpha value is -3.82. The summed E-state index contributed by atoms with van der Waals surface area (Å²) >= 11 is 0. The van der Waals surface area contributed by atoms with Crippen LogP contribution in [-0.4, -0.2) is 44.3 Å². The van der Waals surface area contributed by atoms with Crippen molar-refractivity contribution in [3.05, 3.63) is 63.6 Å². The molecular weight excluding hydrogens is 414 g/mol. The Morgan fingerprint density at radius 1 is 1.09 bits per heavy atom. The maximum atomic E-state index is 13.4. The Labute approximate surface area is 185 Å². The molecule has 4 rings (SSSR count). The van der Waals surface area contributed by atoms with E-state index in [2.05, 4.69) is 20.8 Å². The first kappa shape index (κ1) is 21.4. The molecule has 0 saturated carbocycles. The van der Waals surface area contributed by atoms with Gasteiger partial charge < -0.3 is 18.9 Å². The fourth-order valence-electron chi connectivity index (χ4n) is 3.92. The van der Waals surface area contributed by atoms with Crippen molar-refractivity contribution in [3.63, 3.8) is 0 Å². The third kappa shape index (κ3) is 3.47. The molecule has 10 heteroatoms. The number of fused-ring (bicyclic) bond motifs is 1. The Morgan fingerprint density at radius 3 is 2.28 bits per heavy atom. The van der Waals surface area contributed by atoms with E-state index < -0.39 is 10.8 Å². The van der Waals surface area contributed by atoms with Gasteiger partial charge in [0.2, 0.25) is 0 Å². The molecule has 1 amide bonds. The van der Waals surface area contributed by atoms with Gasteiger partial charge in [-0.15, -0.1) is 0 Å². The molecule has 0 aliphatic carbocycles. The quantitative estimate of drug-likeness (QED) is 0.445. The summed E-state index contributed by atoms with van der Waals surface area (Å²) in [7, 11) is 2.81. The predicted octanol–water partition coefficient (Wildman–Crippen LogP) is 3.51. The van der Waals surface area contributed by atoms with E-state index in [1.165, 1.54) is 26.4 Å². The van der Waals surface area contributed by atoms with E-state index in [-0.39, 0.29) is 34.8 Å². The average molecular weight is 439 g/mol. The second kappa shape index (κ2) is 7.70. The first-order chi connectivity index (χ1) is 15.2. The fraction of sp³-hybridized carbons (Fsp3) is 0.364. The van der Waals surface area contributed by atoms with Gasteiger partial charge in [-0.05, 0) is 32.9 Å². The Balaban J connectivity index is 1.74. The van der Waals surface area contributed by atoms with Gasteiger partial charge in [0.05, 0.1) is 49.5 Å². The van der Waals surface area contributed by atoms with Crippen molar-refractivity contribution in [2.24, 2.45) is 0 Å². The van der Waals surface area contributed by atoms with Crippen LogP contribution in [0.15, 0.2) is 36.7 Å². The highest BCUT2D eigenvalue weighted by molar-refractivity contribution is 5.99. The van der Waals surface area contributed by atoms with E-state index >= 15 is 0 Å². The van der Waals surface area contributed by atoms with Crippen molar-refractivity contribution in [1.82, 2.24) is 19.2 Å². The smallest absolute Gasteiger partial charge is 0.286 e. The third-order valence-corrected chi connectivity index (χ3v) is 5.43. The number of nitro groups is 1. The van der Waals surface area contributed by atoms with Gasteiger partial charge in [0.25, 0.3) is 11.6 Å². The summed E-state index contributed by atoms with van der Waals surface area (Å²) in [5.41, 5.74) is 1.06. The second-order valence-corrected chi connectivity index (χ2v) is 8.56. The summed E-state index contributed by atoms with van der Waals surface area (Å²) in [6.07, 6.45) is 3.87. The molecule has 0 bridgehead atoms. The van der Waals surface area contributed by atoms with E-state index in [1.54, 1.807) is 4.90 Å². The minimum absolute atomic E-state index is 0.0518. The molecule has 10 nitrogen and oxygen atoms in total. The molecule has 32 heavy (non-hydrogen) atoms. The Kier molecular flexibility index (Phi) is 5.15. The van der Waals surface area contributed by atoms with Crippen LogP contribution in [-0.2, 0) is 18.6 Å². The highest BCUT2D eigenvalue weighted by atomic mass is 16.6. The van der Waals surface area contributed by atoms with E-state index in [0.717, 1.165) is 17.1 Å². The summed E-state index contributed by atoms with van der Waals surface area (Å²) in [6.45, 7) is 6.76. The molecule has 1 aromatic carbocycles. The van der Waals surface area contributed by atoms with Crippen molar-refractivity contribution in [3.8, 4) is 17.3 Å². The highest BCUT2D eigenvalue weighted by Gasteiger charge is 2.36. The van der Waals surface area contributed by atoms with Crippen LogP contribution in [0.3, 0.4) is 0 Å². The molecule has 3 aromatic rings. The minimum Gasteiger partial charge on any atom is -0.493 e. The van der Waals surface area contributed by atoms with Crippen LogP contribution in [0.25, 0.3) is 5.82 Å². The summed E-state index contributed by atoms with van der Waals surface area (Å²) in [5, 5.41) is 16.4. The molecule has 0 unspecified atom stereocenters. The van der Waals surface area contributed by atoms with Crippen molar-refractivity contribution in [2.45, 2.75) is 39.4 Å². The first-order valence-electron chi connectivity index (χ1n) is 10.1. The van der Waals surface area contributed by atoms with Gasteiger partial charge in [0.15, 0.2) is 11.5 Å². The number of carbonyl (C=O) groups is 1. The number of nitro benzene ring substituents is 1. The number of nitrogens with zero attached hydrogens (tertiary/aromatic N) is 5. The molecule has 1 aliphatic rings. The molecule has 168 valence electrons. The van der Waals surface area contributed by atoms with Crippen molar-refractivity contribution >= 4 is 11.6 Å². The number of rotatable bonds is 5. The lowest BCUT2D eigenvalue weighted by Crippen LogP contribution is -2.30. The van der Waals surface area contributed by atoms with Crippen LogP contribution in [0.4, 0.5) is 5.69 Å². The molecular formula is C22H25N5O5. The van der Waals surface area contributed by atoms with Crippen LogP contribution in [0.1, 0.15) is 42.4 Å². The molecule has 0 N–H and O–H groups in total. The fourth-order valence-corrected chi connectivity index (χ4v) is 3.92. The van der Waals surface area contributed by atoms with Gasteiger partial charge in [-0.2, -0.15) is 5.10 Å². The van der Waals surface area contributed by atoms with Crippen LogP contribution >= 0.6 is 0 Å². The first-order valence-corrected chi connectivity index (χ1v) is 10.1. The predicted molar refractivity (Wildman–Crippen MR) is 116 cm³/mol. The van der Waals surface area contributed by atoms with Crippen LogP contribution in [0.2, 0.25) is 0 Å². The summed E-state index contributed by atoms with van der Waals surface area (Å²) in [4.78, 5) is 26.0. The standard InChI is InChI=1S/C22H25N5O5/c1-22(2,3)26-20(24-8-6-7-9-24)15-12-25(13-16(15)23-26)21(28)14-10-18(31-4)19(32-5)11-17(14)27(29)30/h6-11H,12-13H2,1-5H3. The lowest BCUT2D eigenvalue weighted by atomic mass is 10.1. The molecule has 0 atom stereocenters. The number of hydrogen-bond donors (Lipinski definition) is 0. The highest BCUT2D eigenvalue weighted by Crippen LogP contribution is 2.37. The zero-order chi connectivity index (χ0) is 23.2. The normalized spacial score (nSPS) is 13.2. The van der Waals surface area contributed by atoms with E-state index in [0.29, 0.717) is 6.54 Å². The second-order valence-electron chi connectivity index (χ2n) is 8.56. The zero-order valence-electron chi connectivity index (χ0n) is 18.7. The summed E-state index contributed by atoms with van der Waals surface area (Å²) in [6, 6.07) is 6.43. The molecule has 0 fully saturated rings. The SMILES string of the molecule is COc1cc(C(=O)N2Cc3nn(C(C)(C)C)c(-n4cccc4)c3C2)c([N+](=O)[O-])cc1OC. The van der Waals surface area contributed by atoms with E-state index in [4.69, 9.17) is 14.6 Å². The zero-order valence-corrected chi connectivity index (χ0v) is 18.7. The summed E-state index contributed by atoms with van der Waals surface area (Å²) < 4.78 is 14.3. The minimum atomic E-state index is -0.588. The van der Waals surface area contributed by atoms with E-state index in [9.17, 15) is 14.9 Å². The molecule has 3 heterocycles. The van der Waals surface area contributed by atoms with Gasteiger partial charge in [0, 0.05) is 24.0 Å². The van der Waals surface area contributed by atoms with Gasteiger partial charge in [-0.1, -0.05) is 0 Å². The topological polar surface area (TPSA) is 105 Å². The van der Waals surface area contributed by atoms with Gasteiger partial charge in [-0.25, -0.2) is 4.68 Å². The van der Waals surface area contributed by atoms with Crippen molar-refractivity contribution in [1.29, 1.82) is 0 Å². The molecule has 0 saturated heterocycles. The van der Waals surface area contributed by atoms with E-state index in [1.807, 2.05) is 33.8 Å². The number of ether oxygens (including phenoxy) is 2. The maximum Gasteiger partial charge on any atom is 0.286 e. The van der Waals surface area contributed by atoms with Crippen LogP contribution < -0.4 is 9.47 Å². The number of carbonyl (C=O) groups excluding carboxylic acids is 1. The average Bonchev–Trinajstić information content (AvgIpc) is 3.47. The molecule has 0 spiro atoms. The Bertz CT molecular complexity index is 1190. The van der Waals surface area contributed by atoms with Gasteiger partial charge in [-0.3, -0.25) is 14.9 Å². The Morgan fingerprint density at radius 2 is 1.72 bits per heavy atom. The van der Waals surface area contributed by atoms with Gasteiger partial charge >= 0.3 is 0 Å². The van der Waals surface area contributed by atoms with Crippen LogP contribution in [0.5, 0.6) is 11.5 Å². The monoisotopic (exact) mass is 439 g/mol.